The average molecular weight is 338 g/mol. The number of piperidine rings is 1. The summed E-state index contributed by atoms with van der Waals surface area (Å²) in [6.45, 7) is 7.02. The van der Waals surface area contributed by atoms with Crippen LogP contribution in [0.5, 0.6) is 0 Å². The van der Waals surface area contributed by atoms with Crippen LogP contribution >= 0.6 is 0 Å². The van der Waals surface area contributed by atoms with E-state index in [-0.39, 0.29) is 0 Å². The smallest absolute Gasteiger partial charge is 0.253 e. The van der Waals surface area contributed by atoms with Crippen LogP contribution in [0.3, 0.4) is 0 Å². The molecule has 3 heterocycles. The van der Waals surface area contributed by atoms with Crippen molar-refractivity contribution in [1.29, 1.82) is 0 Å². The quantitative estimate of drug-likeness (QED) is 0.718. The first-order chi connectivity index (χ1) is 12.2. The van der Waals surface area contributed by atoms with Gasteiger partial charge in [0.15, 0.2) is 0 Å². The molecular formula is C19H22N4O2. The van der Waals surface area contributed by atoms with Crippen LogP contribution in [0.1, 0.15) is 31.4 Å². The lowest BCUT2D eigenvalue weighted by atomic mass is 10.0. The van der Waals surface area contributed by atoms with Gasteiger partial charge in [-0.1, -0.05) is 42.4 Å². The molecule has 0 amide bonds. The Balaban J connectivity index is 1.59. The standard InChI is InChI=1S/C19H22N4O2/c1-13-7-6-10-23(11-13)12-16-20-21-19(24-16)17-14(2)25-22-18(17)15-8-4-3-5-9-15/h3-5,8-9,13H,6-7,10-12H2,1-2H3. The highest BCUT2D eigenvalue weighted by Gasteiger charge is 2.23. The molecule has 0 bridgehead atoms. The van der Waals surface area contributed by atoms with Crippen molar-refractivity contribution in [2.24, 2.45) is 5.92 Å². The SMILES string of the molecule is Cc1onc(-c2ccccc2)c1-c1nnc(CN2CCCC(C)C2)o1. The fourth-order valence-electron chi connectivity index (χ4n) is 3.46. The summed E-state index contributed by atoms with van der Waals surface area (Å²) in [7, 11) is 0. The maximum Gasteiger partial charge on any atom is 0.253 e. The Labute approximate surface area is 146 Å². The Kier molecular flexibility index (Phi) is 4.36. The summed E-state index contributed by atoms with van der Waals surface area (Å²) in [4.78, 5) is 2.38. The van der Waals surface area contributed by atoms with Gasteiger partial charge in [0.05, 0.1) is 6.54 Å². The van der Waals surface area contributed by atoms with E-state index >= 15 is 0 Å². The lowest BCUT2D eigenvalue weighted by Crippen LogP contribution is -2.33. The van der Waals surface area contributed by atoms with Crippen molar-refractivity contribution in [2.75, 3.05) is 13.1 Å². The zero-order valence-electron chi connectivity index (χ0n) is 14.6. The third-order valence-corrected chi connectivity index (χ3v) is 4.69. The van der Waals surface area contributed by atoms with Crippen LogP contribution in [0.2, 0.25) is 0 Å². The minimum absolute atomic E-state index is 0.470. The second kappa shape index (κ2) is 6.80. The molecule has 1 fully saturated rings. The van der Waals surface area contributed by atoms with Crippen LogP contribution < -0.4 is 0 Å². The summed E-state index contributed by atoms with van der Waals surface area (Å²) in [5, 5.41) is 12.7. The number of nitrogens with zero attached hydrogens (tertiary/aromatic N) is 4. The Bertz CT molecular complexity index is 840. The summed E-state index contributed by atoms with van der Waals surface area (Å²) in [6, 6.07) is 9.90. The Hall–Kier alpha value is -2.47. The molecule has 0 spiro atoms. The number of likely N-dealkylation sites (tertiary alicyclic amines) is 1. The second-order valence-corrected chi connectivity index (χ2v) is 6.81. The summed E-state index contributed by atoms with van der Waals surface area (Å²) in [5.74, 6) is 2.52. The minimum Gasteiger partial charge on any atom is -0.419 e. The van der Waals surface area contributed by atoms with E-state index in [1.54, 1.807) is 0 Å². The number of hydrogen-bond acceptors (Lipinski definition) is 6. The van der Waals surface area contributed by atoms with E-state index < -0.39 is 0 Å². The van der Waals surface area contributed by atoms with Crippen molar-refractivity contribution in [3.05, 3.63) is 42.0 Å². The average Bonchev–Trinajstić information content (AvgIpc) is 3.22. The van der Waals surface area contributed by atoms with Crippen molar-refractivity contribution in [3.8, 4) is 22.7 Å². The van der Waals surface area contributed by atoms with Gasteiger partial charge in [-0.15, -0.1) is 10.2 Å². The van der Waals surface area contributed by atoms with Gasteiger partial charge in [0.2, 0.25) is 5.89 Å². The molecule has 0 aliphatic carbocycles. The topological polar surface area (TPSA) is 68.2 Å². The van der Waals surface area contributed by atoms with Gasteiger partial charge >= 0.3 is 0 Å². The number of rotatable bonds is 4. The van der Waals surface area contributed by atoms with E-state index in [0.29, 0.717) is 24.1 Å². The lowest BCUT2D eigenvalue weighted by Gasteiger charge is -2.29. The van der Waals surface area contributed by atoms with Crippen LogP contribution in [-0.4, -0.2) is 33.3 Å². The monoisotopic (exact) mass is 338 g/mol. The predicted molar refractivity (Wildman–Crippen MR) is 93.6 cm³/mol. The molecule has 6 heteroatoms. The molecule has 1 aliphatic heterocycles. The second-order valence-electron chi connectivity index (χ2n) is 6.81. The van der Waals surface area contributed by atoms with Crippen molar-refractivity contribution in [3.63, 3.8) is 0 Å². The van der Waals surface area contributed by atoms with E-state index in [1.807, 2.05) is 37.3 Å². The number of benzene rings is 1. The van der Waals surface area contributed by atoms with Crippen molar-refractivity contribution in [1.82, 2.24) is 20.3 Å². The molecule has 2 aromatic heterocycles. The van der Waals surface area contributed by atoms with Gasteiger partial charge in [-0.25, -0.2) is 0 Å². The van der Waals surface area contributed by atoms with Crippen LogP contribution in [0.25, 0.3) is 22.7 Å². The van der Waals surface area contributed by atoms with E-state index in [1.165, 1.54) is 12.8 Å². The molecular weight excluding hydrogens is 316 g/mol. The Morgan fingerprint density at radius 1 is 1.20 bits per heavy atom. The first kappa shape index (κ1) is 16.0. The molecule has 1 atom stereocenters. The van der Waals surface area contributed by atoms with Crippen molar-refractivity contribution >= 4 is 0 Å². The van der Waals surface area contributed by atoms with Crippen LogP contribution in [0.15, 0.2) is 39.3 Å². The normalized spacial score (nSPS) is 18.6. The van der Waals surface area contributed by atoms with Gasteiger partial charge in [-0.05, 0) is 32.2 Å². The molecule has 1 unspecified atom stereocenters. The summed E-state index contributed by atoms with van der Waals surface area (Å²) in [5.41, 5.74) is 2.48. The number of aryl methyl sites for hydroxylation is 1. The highest BCUT2D eigenvalue weighted by atomic mass is 16.5. The molecule has 4 rings (SSSR count). The van der Waals surface area contributed by atoms with Gasteiger partial charge in [-0.2, -0.15) is 0 Å². The number of hydrogen-bond donors (Lipinski definition) is 0. The molecule has 25 heavy (non-hydrogen) atoms. The van der Waals surface area contributed by atoms with Crippen LogP contribution in [0.4, 0.5) is 0 Å². The molecule has 1 aliphatic rings. The van der Waals surface area contributed by atoms with Gasteiger partial charge in [-0.3, -0.25) is 4.90 Å². The molecule has 1 aromatic carbocycles. The first-order valence-corrected chi connectivity index (χ1v) is 8.77. The molecule has 0 saturated carbocycles. The maximum absolute atomic E-state index is 5.95. The molecule has 0 N–H and O–H groups in total. The van der Waals surface area contributed by atoms with Crippen molar-refractivity contribution < 1.29 is 8.94 Å². The van der Waals surface area contributed by atoms with Crippen molar-refractivity contribution in [2.45, 2.75) is 33.2 Å². The maximum atomic E-state index is 5.95. The molecule has 3 aromatic rings. The largest absolute Gasteiger partial charge is 0.419 e. The molecule has 6 nitrogen and oxygen atoms in total. The van der Waals surface area contributed by atoms with Crippen LogP contribution in [-0.2, 0) is 6.54 Å². The minimum atomic E-state index is 0.470. The Morgan fingerprint density at radius 2 is 2.04 bits per heavy atom. The Morgan fingerprint density at radius 3 is 2.84 bits per heavy atom. The molecule has 1 saturated heterocycles. The first-order valence-electron chi connectivity index (χ1n) is 8.77. The van der Waals surface area contributed by atoms with E-state index in [0.717, 1.165) is 35.8 Å². The van der Waals surface area contributed by atoms with Gasteiger partial charge < -0.3 is 8.94 Å². The zero-order valence-corrected chi connectivity index (χ0v) is 14.6. The van der Waals surface area contributed by atoms with E-state index in [4.69, 9.17) is 8.94 Å². The van der Waals surface area contributed by atoms with Gasteiger partial charge in [0.1, 0.15) is 17.0 Å². The van der Waals surface area contributed by atoms with Gasteiger partial charge in [0, 0.05) is 12.1 Å². The summed E-state index contributed by atoms with van der Waals surface area (Å²) < 4.78 is 11.3. The lowest BCUT2D eigenvalue weighted by molar-refractivity contribution is 0.163. The fraction of sp³-hybridized carbons (Fsp3) is 0.421. The van der Waals surface area contributed by atoms with Crippen LogP contribution in [0, 0.1) is 12.8 Å². The predicted octanol–water partition coefficient (Wildman–Crippen LogP) is 3.93. The summed E-state index contributed by atoms with van der Waals surface area (Å²) >= 11 is 0. The highest BCUT2D eigenvalue weighted by molar-refractivity contribution is 5.77. The third kappa shape index (κ3) is 3.35. The van der Waals surface area contributed by atoms with E-state index in [9.17, 15) is 0 Å². The highest BCUT2D eigenvalue weighted by Crippen LogP contribution is 2.33. The zero-order chi connectivity index (χ0) is 17.2. The van der Waals surface area contributed by atoms with E-state index in [2.05, 4.69) is 27.2 Å². The summed E-state index contributed by atoms with van der Waals surface area (Å²) in [6.07, 6.45) is 2.52. The molecule has 130 valence electrons. The molecule has 0 radical (unpaired) electrons. The third-order valence-electron chi connectivity index (χ3n) is 4.69. The number of aromatic nitrogens is 3. The fourth-order valence-corrected chi connectivity index (χ4v) is 3.46. The van der Waals surface area contributed by atoms with Gasteiger partial charge in [0.25, 0.3) is 5.89 Å².